The van der Waals surface area contributed by atoms with Crippen molar-refractivity contribution in [3.63, 3.8) is 0 Å². The first-order valence-electron chi connectivity index (χ1n) is 12.3. The monoisotopic (exact) mass is 572 g/mol. The fraction of sp³-hybridized carbons (Fsp3) is 0.462. The number of piperidine rings is 1. The van der Waals surface area contributed by atoms with E-state index in [1.807, 2.05) is 36.5 Å². The standard InChI is InChI=1S/C26H33BrN6O4/c1-25(2,3)37-24(36)32-26(23(35)31-20(9-15-34)17-4-6-18(27)7-5-17)10-13-33(14-11-26)22-19-8-12-28-21(19)29-16-30-22/h4-8,12,16,20,34H,9-11,13-15H2,1-3H3,(H,31,35)(H,32,36)(H,28,29,30). The molecular formula is C26H33BrN6O4. The molecule has 0 spiro atoms. The van der Waals surface area contributed by atoms with Gasteiger partial charge in [0, 0.05) is 30.4 Å². The van der Waals surface area contributed by atoms with Gasteiger partial charge in [-0.15, -0.1) is 0 Å². The lowest BCUT2D eigenvalue weighted by atomic mass is 9.85. The van der Waals surface area contributed by atoms with E-state index >= 15 is 0 Å². The molecule has 1 atom stereocenters. The molecule has 198 valence electrons. The molecular weight excluding hydrogens is 540 g/mol. The Morgan fingerprint density at radius 1 is 1.19 bits per heavy atom. The molecule has 1 saturated heterocycles. The molecule has 1 fully saturated rings. The van der Waals surface area contributed by atoms with Gasteiger partial charge >= 0.3 is 6.09 Å². The second-order valence-electron chi connectivity index (χ2n) is 10.2. The van der Waals surface area contributed by atoms with Crippen molar-refractivity contribution in [2.45, 2.75) is 57.2 Å². The zero-order chi connectivity index (χ0) is 26.6. The van der Waals surface area contributed by atoms with Gasteiger partial charge in [-0.2, -0.15) is 0 Å². The Labute approximate surface area is 224 Å². The van der Waals surface area contributed by atoms with Crippen LogP contribution in [-0.2, 0) is 9.53 Å². The first-order valence-corrected chi connectivity index (χ1v) is 13.1. The number of ether oxygens (including phenoxy) is 1. The first-order chi connectivity index (χ1) is 17.6. The normalized spacial score (nSPS) is 16.3. The highest BCUT2D eigenvalue weighted by molar-refractivity contribution is 9.10. The number of H-pyrrole nitrogens is 1. The molecule has 0 aliphatic carbocycles. The number of anilines is 1. The smallest absolute Gasteiger partial charge is 0.408 e. The zero-order valence-corrected chi connectivity index (χ0v) is 22.8. The van der Waals surface area contributed by atoms with Crippen LogP contribution < -0.4 is 15.5 Å². The minimum atomic E-state index is -1.19. The average molecular weight is 573 g/mol. The number of nitrogens with one attached hydrogen (secondary N) is 3. The van der Waals surface area contributed by atoms with Crippen LogP contribution in [0.3, 0.4) is 0 Å². The summed E-state index contributed by atoms with van der Waals surface area (Å²) in [6.45, 7) is 6.23. The van der Waals surface area contributed by atoms with Gasteiger partial charge in [0.05, 0.1) is 11.4 Å². The van der Waals surface area contributed by atoms with Crippen LogP contribution in [0.4, 0.5) is 10.6 Å². The summed E-state index contributed by atoms with van der Waals surface area (Å²) < 4.78 is 6.43. The van der Waals surface area contributed by atoms with Gasteiger partial charge in [-0.25, -0.2) is 14.8 Å². The van der Waals surface area contributed by atoms with Crippen molar-refractivity contribution >= 4 is 44.8 Å². The van der Waals surface area contributed by atoms with Crippen LogP contribution in [0, 0.1) is 0 Å². The molecule has 1 aliphatic heterocycles. The summed E-state index contributed by atoms with van der Waals surface area (Å²) in [5, 5.41) is 16.5. The van der Waals surface area contributed by atoms with Crippen molar-refractivity contribution in [1.82, 2.24) is 25.6 Å². The Bertz CT molecular complexity index is 1230. The lowest BCUT2D eigenvalue weighted by molar-refractivity contribution is -0.129. The first kappa shape index (κ1) is 26.9. The molecule has 1 aromatic carbocycles. The highest BCUT2D eigenvalue weighted by Crippen LogP contribution is 2.31. The molecule has 1 aliphatic rings. The summed E-state index contributed by atoms with van der Waals surface area (Å²) in [6.07, 6.45) is 3.72. The Morgan fingerprint density at radius 2 is 1.89 bits per heavy atom. The number of benzene rings is 1. The van der Waals surface area contributed by atoms with Crippen molar-refractivity contribution < 1.29 is 19.4 Å². The van der Waals surface area contributed by atoms with E-state index in [4.69, 9.17) is 4.74 Å². The third-order valence-corrected chi connectivity index (χ3v) is 6.95. The van der Waals surface area contributed by atoms with Crippen LogP contribution in [0.15, 0.2) is 47.3 Å². The van der Waals surface area contributed by atoms with Gasteiger partial charge in [0.15, 0.2) is 0 Å². The minimum Gasteiger partial charge on any atom is -0.444 e. The minimum absolute atomic E-state index is 0.0956. The number of alkyl carbamates (subject to hydrolysis) is 1. The van der Waals surface area contributed by atoms with Gasteiger partial charge in [0.1, 0.15) is 28.9 Å². The van der Waals surface area contributed by atoms with E-state index in [0.717, 1.165) is 26.9 Å². The fourth-order valence-corrected chi connectivity index (χ4v) is 4.83. The third-order valence-electron chi connectivity index (χ3n) is 6.42. The van der Waals surface area contributed by atoms with E-state index in [-0.39, 0.29) is 12.5 Å². The second-order valence-corrected chi connectivity index (χ2v) is 11.1. The van der Waals surface area contributed by atoms with E-state index in [1.165, 1.54) is 6.33 Å². The summed E-state index contributed by atoms with van der Waals surface area (Å²) in [5.74, 6) is 0.472. The Morgan fingerprint density at radius 3 is 2.54 bits per heavy atom. The summed E-state index contributed by atoms with van der Waals surface area (Å²) in [4.78, 5) is 40.6. The number of nitrogens with zero attached hydrogens (tertiary/aromatic N) is 3. The molecule has 1 unspecified atom stereocenters. The number of halogens is 1. The number of aliphatic hydroxyl groups is 1. The number of rotatable bonds is 7. The lowest BCUT2D eigenvalue weighted by Gasteiger charge is -2.42. The number of amides is 2. The van der Waals surface area contributed by atoms with E-state index in [1.54, 1.807) is 20.8 Å². The Kier molecular flexibility index (Phi) is 8.03. The highest BCUT2D eigenvalue weighted by Gasteiger charge is 2.44. The molecule has 0 saturated carbocycles. The summed E-state index contributed by atoms with van der Waals surface area (Å²) in [6, 6.07) is 9.10. The molecule has 4 N–H and O–H groups in total. The average Bonchev–Trinajstić information content (AvgIpc) is 3.33. The molecule has 2 aromatic heterocycles. The van der Waals surface area contributed by atoms with Crippen LogP contribution in [0.1, 0.15) is 51.6 Å². The van der Waals surface area contributed by atoms with E-state index in [2.05, 4.69) is 46.4 Å². The van der Waals surface area contributed by atoms with Crippen molar-refractivity contribution in [3.05, 3.63) is 52.9 Å². The third kappa shape index (κ3) is 6.40. The number of hydrogen-bond acceptors (Lipinski definition) is 7. The maximum Gasteiger partial charge on any atom is 0.408 e. The number of fused-ring (bicyclic) bond motifs is 1. The number of carbonyl (C=O) groups is 2. The largest absolute Gasteiger partial charge is 0.444 e. The van der Waals surface area contributed by atoms with E-state index < -0.39 is 23.3 Å². The topological polar surface area (TPSA) is 132 Å². The van der Waals surface area contributed by atoms with Crippen LogP contribution in [0.2, 0.25) is 0 Å². The van der Waals surface area contributed by atoms with Gasteiger partial charge < -0.3 is 30.4 Å². The number of hydrogen-bond donors (Lipinski definition) is 4. The van der Waals surface area contributed by atoms with Crippen molar-refractivity contribution in [3.8, 4) is 0 Å². The molecule has 3 heterocycles. The van der Waals surface area contributed by atoms with E-state index in [0.29, 0.717) is 32.4 Å². The molecule has 37 heavy (non-hydrogen) atoms. The highest BCUT2D eigenvalue weighted by atomic mass is 79.9. The van der Waals surface area contributed by atoms with Gasteiger partial charge in [-0.1, -0.05) is 28.1 Å². The maximum atomic E-state index is 13.8. The zero-order valence-electron chi connectivity index (χ0n) is 21.3. The van der Waals surface area contributed by atoms with E-state index in [9.17, 15) is 14.7 Å². The second kappa shape index (κ2) is 11.1. The predicted molar refractivity (Wildman–Crippen MR) is 144 cm³/mol. The summed E-state index contributed by atoms with van der Waals surface area (Å²) >= 11 is 3.43. The van der Waals surface area contributed by atoms with Crippen LogP contribution in [0.25, 0.3) is 11.0 Å². The molecule has 0 radical (unpaired) electrons. The Hall–Kier alpha value is -3.18. The molecule has 10 nitrogen and oxygen atoms in total. The predicted octanol–water partition coefficient (Wildman–Crippen LogP) is 3.82. The number of aromatic amines is 1. The lowest BCUT2D eigenvalue weighted by Crippen LogP contribution is -2.64. The van der Waals surface area contributed by atoms with Crippen LogP contribution >= 0.6 is 15.9 Å². The molecule has 4 rings (SSSR count). The molecule has 11 heteroatoms. The Balaban J connectivity index is 1.57. The number of aromatic nitrogens is 3. The fourth-order valence-electron chi connectivity index (χ4n) is 4.56. The summed E-state index contributed by atoms with van der Waals surface area (Å²) in [5.41, 5.74) is -0.286. The maximum absolute atomic E-state index is 13.8. The van der Waals surface area contributed by atoms with Gasteiger partial charge in [0.25, 0.3) is 0 Å². The summed E-state index contributed by atoms with van der Waals surface area (Å²) in [7, 11) is 0. The van der Waals surface area contributed by atoms with Gasteiger partial charge in [-0.3, -0.25) is 4.79 Å². The van der Waals surface area contributed by atoms with Crippen molar-refractivity contribution in [1.29, 1.82) is 0 Å². The van der Waals surface area contributed by atoms with Crippen LogP contribution in [0.5, 0.6) is 0 Å². The van der Waals surface area contributed by atoms with Crippen LogP contribution in [-0.4, -0.2) is 62.9 Å². The number of carbonyl (C=O) groups excluding carboxylic acids is 2. The van der Waals surface area contributed by atoms with Gasteiger partial charge in [0.2, 0.25) is 5.91 Å². The van der Waals surface area contributed by atoms with Crippen molar-refractivity contribution in [2.24, 2.45) is 0 Å². The molecule has 2 amide bonds. The van der Waals surface area contributed by atoms with Gasteiger partial charge in [-0.05, 0) is 63.8 Å². The molecule has 3 aromatic rings. The van der Waals surface area contributed by atoms with Crippen molar-refractivity contribution in [2.75, 3.05) is 24.6 Å². The molecule has 0 bridgehead atoms. The number of aliphatic hydroxyl groups excluding tert-OH is 1. The quantitative estimate of drug-likeness (QED) is 0.338. The SMILES string of the molecule is CC(C)(C)OC(=O)NC1(C(=O)NC(CCO)c2ccc(Br)cc2)CCN(c2ncnc3[nH]ccc23)CC1.